The van der Waals surface area contributed by atoms with Gasteiger partial charge in [0.1, 0.15) is 0 Å². The molecule has 27 heavy (non-hydrogen) atoms. The average molecular weight is 374 g/mol. The van der Waals surface area contributed by atoms with Crippen molar-refractivity contribution in [3.8, 4) is 0 Å². The largest absolute Gasteiger partial charge is 0.481 e. The molecule has 1 aromatic rings. The van der Waals surface area contributed by atoms with E-state index in [1.54, 1.807) is 4.90 Å². The normalized spacial score (nSPS) is 16.8. The van der Waals surface area contributed by atoms with E-state index in [0.717, 1.165) is 31.4 Å². The summed E-state index contributed by atoms with van der Waals surface area (Å²) in [6, 6.07) is 9.73. The minimum absolute atomic E-state index is 0.0261. The Morgan fingerprint density at radius 2 is 1.93 bits per heavy atom. The summed E-state index contributed by atoms with van der Waals surface area (Å²) in [5.74, 6) is -0.905. The maximum atomic E-state index is 13.1. The second kappa shape index (κ2) is 10.7. The molecule has 0 saturated carbocycles. The van der Waals surface area contributed by atoms with E-state index in [0.29, 0.717) is 32.5 Å². The molecule has 2 rings (SSSR count). The van der Waals surface area contributed by atoms with Gasteiger partial charge >= 0.3 is 5.97 Å². The molecular weight excluding hydrogens is 344 g/mol. The van der Waals surface area contributed by atoms with Gasteiger partial charge in [-0.1, -0.05) is 37.3 Å². The first-order chi connectivity index (χ1) is 13.0. The number of hydrogen-bond acceptors (Lipinski definition) is 3. The van der Waals surface area contributed by atoms with Gasteiger partial charge in [0.15, 0.2) is 0 Å². The summed E-state index contributed by atoms with van der Waals surface area (Å²) in [6.45, 7) is 4.06. The molecule has 1 unspecified atom stereocenters. The Hall–Kier alpha value is -2.37. The van der Waals surface area contributed by atoms with Gasteiger partial charge in [0.05, 0.1) is 5.92 Å². The van der Waals surface area contributed by atoms with Crippen LogP contribution in [-0.4, -0.2) is 52.3 Å². The standard InChI is InChI=1S/C21H30N2O4/c1-2-8-19(24)22-13-6-11-18(16-22)21(27)23(14-7-12-20(25)26)15-17-9-4-3-5-10-17/h3-5,9-10,18H,2,6-8,11-16H2,1H3,(H,25,26). The first-order valence-corrected chi connectivity index (χ1v) is 9.83. The van der Waals surface area contributed by atoms with Gasteiger partial charge in [-0.05, 0) is 31.2 Å². The van der Waals surface area contributed by atoms with Crippen LogP contribution in [0.1, 0.15) is 51.0 Å². The average Bonchev–Trinajstić information content (AvgIpc) is 2.67. The number of carboxylic acid groups (broad SMARTS) is 1. The highest BCUT2D eigenvalue weighted by Crippen LogP contribution is 2.21. The first-order valence-electron chi connectivity index (χ1n) is 9.83. The van der Waals surface area contributed by atoms with Crippen LogP contribution in [-0.2, 0) is 20.9 Å². The molecule has 1 saturated heterocycles. The molecule has 2 amide bonds. The SMILES string of the molecule is CCCC(=O)N1CCCC(C(=O)N(CCCC(=O)O)Cc2ccccc2)C1. The summed E-state index contributed by atoms with van der Waals surface area (Å²) >= 11 is 0. The summed E-state index contributed by atoms with van der Waals surface area (Å²) in [7, 11) is 0. The van der Waals surface area contributed by atoms with E-state index in [-0.39, 0.29) is 24.2 Å². The molecule has 6 nitrogen and oxygen atoms in total. The molecule has 1 N–H and O–H groups in total. The van der Waals surface area contributed by atoms with Crippen LogP contribution in [0.5, 0.6) is 0 Å². The van der Waals surface area contributed by atoms with E-state index in [1.165, 1.54) is 0 Å². The molecule has 0 aliphatic carbocycles. The highest BCUT2D eigenvalue weighted by Gasteiger charge is 2.31. The number of benzene rings is 1. The molecule has 6 heteroatoms. The second-order valence-electron chi connectivity index (χ2n) is 7.17. The van der Waals surface area contributed by atoms with E-state index in [1.807, 2.05) is 42.2 Å². The van der Waals surface area contributed by atoms with Crippen LogP contribution < -0.4 is 0 Å². The summed E-state index contributed by atoms with van der Waals surface area (Å²) < 4.78 is 0. The summed E-state index contributed by atoms with van der Waals surface area (Å²) in [5, 5.41) is 8.90. The predicted octanol–water partition coefficient (Wildman–Crippen LogP) is 2.92. The minimum atomic E-state index is -0.851. The molecule has 0 spiro atoms. The lowest BCUT2D eigenvalue weighted by molar-refractivity contribution is -0.143. The van der Waals surface area contributed by atoms with Crippen LogP contribution in [0.2, 0.25) is 0 Å². The van der Waals surface area contributed by atoms with Gasteiger partial charge in [-0.3, -0.25) is 14.4 Å². The van der Waals surface area contributed by atoms with Crippen LogP contribution in [0, 0.1) is 5.92 Å². The highest BCUT2D eigenvalue weighted by molar-refractivity contribution is 5.81. The molecule has 1 aliphatic heterocycles. The Morgan fingerprint density at radius 1 is 1.19 bits per heavy atom. The minimum Gasteiger partial charge on any atom is -0.481 e. The molecule has 1 atom stereocenters. The number of aliphatic carboxylic acids is 1. The van der Waals surface area contributed by atoms with Crippen LogP contribution >= 0.6 is 0 Å². The van der Waals surface area contributed by atoms with Crippen molar-refractivity contribution in [2.24, 2.45) is 5.92 Å². The van der Waals surface area contributed by atoms with Crippen molar-refractivity contribution in [3.05, 3.63) is 35.9 Å². The van der Waals surface area contributed by atoms with Gasteiger partial charge < -0.3 is 14.9 Å². The van der Waals surface area contributed by atoms with Crippen LogP contribution in [0.15, 0.2) is 30.3 Å². The van der Waals surface area contributed by atoms with E-state index in [2.05, 4.69) is 0 Å². The zero-order valence-corrected chi connectivity index (χ0v) is 16.1. The molecule has 0 bridgehead atoms. The zero-order chi connectivity index (χ0) is 19.6. The lowest BCUT2D eigenvalue weighted by Crippen LogP contribution is -2.46. The van der Waals surface area contributed by atoms with Crippen molar-refractivity contribution >= 4 is 17.8 Å². The third-order valence-corrected chi connectivity index (χ3v) is 4.93. The maximum Gasteiger partial charge on any atom is 0.303 e. The number of carbonyl (C=O) groups is 3. The molecule has 0 aromatic heterocycles. The molecule has 1 aromatic carbocycles. The smallest absolute Gasteiger partial charge is 0.303 e. The number of hydrogen-bond donors (Lipinski definition) is 1. The van der Waals surface area contributed by atoms with Gasteiger partial charge in [-0.2, -0.15) is 0 Å². The molecule has 1 heterocycles. The summed E-state index contributed by atoms with van der Waals surface area (Å²) in [6.07, 6.45) is 3.42. The Balaban J connectivity index is 2.04. The van der Waals surface area contributed by atoms with E-state index in [9.17, 15) is 14.4 Å². The predicted molar refractivity (Wildman–Crippen MR) is 103 cm³/mol. The lowest BCUT2D eigenvalue weighted by atomic mass is 9.95. The van der Waals surface area contributed by atoms with Gasteiger partial charge in [-0.15, -0.1) is 0 Å². The quantitative estimate of drug-likeness (QED) is 0.721. The van der Waals surface area contributed by atoms with Gasteiger partial charge in [-0.25, -0.2) is 0 Å². The van der Waals surface area contributed by atoms with Gasteiger partial charge in [0.25, 0.3) is 0 Å². The van der Waals surface area contributed by atoms with Crippen molar-refractivity contribution in [1.29, 1.82) is 0 Å². The molecule has 1 aliphatic rings. The number of rotatable bonds is 9. The molecule has 1 fully saturated rings. The first kappa shape index (κ1) is 20.9. The van der Waals surface area contributed by atoms with Crippen molar-refractivity contribution < 1.29 is 19.5 Å². The van der Waals surface area contributed by atoms with E-state index < -0.39 is 5.97 Å². The fraction of sp³-hybridized carbons (Fsp3) is 0.571. The third kappa shape index (κ3) is 6.70. The monoisotopic (exact) mass is 374 g/mol. The van der Waals surface area contributed by atoms with Crippen LogP contribution in [0.4, 0.5) is 0 Å². The van der Waals surface area contributed by atoms with Crippen molar-refractivity contribution in [2.45, 2.75) is 52.0 Å². The van der Waals surface area contributed by atoms with Gasteiger partial charge in [0.2, 0.25) is 11.8 Å². The Kier molecular flexibility index (Phi) is 8.30. The Morgan fingerprint density at radius 3 is 2.59 bits per heavy atom. The highest BCUT2D eigenvalue weighted by atomic mass is 16.4. The molecular formula is C21H30N2O4. The van der Waals surface area contributed by atoms with Crippen molar-refractivity contribution in [1.82, 2.24) is 9.80 Å². The Bertz CT molecular complexity index is 632. The maximum absolute atomic E-state index is 13.1. The van der Waals surface area contributed by atoms with E-state index >= 15 is 0 Å². The summed E-state index contributed by atoms with van der Waals surface area (Å²) in [5.41, 5.74) is 1.02. The fourth-order valence-corrected chi connectivity index (χ4v) is 3.53. The third-order valence-electron chi connectivity index (χ3n) is 4.93. The van der Waals surface area contributed by atoms with Crippen LogP contribution in [0.25, 0.3) is 0 Å². The zero-order valence-electron chi connectivity index (χ0n) is 16.1. The molecule has 0 radical (unpaired) electrons. The number of carboxylic acids is 1. The van der Waals surface area contributed by atoms with Crippen molar-refractivity contribution in [2.75, 3.05) is 19.6 Å². The lowest BCUT2D eigenvalue weighted by Gasteiger charge is -2.35. The number of piperidine rings is 1. The Labute approximate surface area is 161 Å². The second-order valence-corrected chi connectivity index (χ2v) is 7.17. The van der Waals surface area contributed by atoms with E-state index in [4.69, 9.17) is 5.11 Å². The fourth-order valence-electron chi connectivity index (χ4n) is 3.53. The number of carbonyl (C=O) groups excluding carboxylic acids is 2. The molecule has 148 valence electrons. The van der Waals surface area contributed by atoms with Gasteiger partial charge in [0, 0.05) is 39.0 Å². The summed E-state index contributed by atoms with van der Waals surface area (Å²) in [4.78, 5) is 39.8. The van der Waals surface area contributed by atoms with Crippen LogP contribution in [0.3, 0.4) is 0 Å². The number of likely N-dealkylation sites (tertiary alicyclic amines) is 1. The topological polar surface area (TPSA) is 77.9 Å². The van der Waals surface area contributed by atoms with Crippen molar-refractivity contribution in [3.63, 3.8) is 0 Å². The number of nitrogens with zero attached hydrogens (tertiary/aromatic N) is 2. The number of amides is 2.